The Hall–Kier alpha value is -1.82. The molecule has 1 fully saturated rings. The van der Waals surface area contributed by atoms with Crippen LogP contribution in [0.25, 0.3) is 0 Å². The Kier molecular flexibility index (Phi) is 3.90. The van der Waals surface area contributed by atoms with Crippen LogP contribution >= 0.6 is 0 Å². The Labute approximate surface area is 112 Å². The molecule has 0 bridgehead atoms. The second-order valence-corrected chi connectivity index (χ2v) is 4.90. The number of hydrogen-bond acceptors (Lipinski definition) is 5. The number of carboxylic acid groups (broad SMARTS) is 1. The van der Waals surface area contributed by atoms with Gasteiger partial charge in [0, 0.05) is 25.7 Å². The number of pyridine rings is 1. The maximum Gasteiger partial charge on any atom is 0.354 e. The predicted molar refractivity (Wildman–Crippen MR) is 74.5 cm³/mol. The number of nitrogens with two attached hydrogens (primary N) is 1. The van der Waals surface area contributed by atoms with E-state index in [1.54, 1.807) is 6.07 Å². The van der Waals surface area contributed by atoms with E-state index in [0.717, 1.165) is 26.1 Å². The number of likely N-dealkylation sites (N-methyl/N-ethyl adjacent to an activating group) is 1. The molecule has 3 N–H and O–H groups in total. The van der Waals surface area contributed by atoms with E-state index in [1.165, 1.54) is 6.07 Å². The van der Waals surface area contributed by atoms with Crippen molar-refractivity contribution in [1.82, 2.24) is 9.88 Å². The number of anilines is 2. The minimum atomic E-state index is -1.03. The molecule has 1 aromatic rings. The molecule has 2 rings (SSSR count). The Balaban J connectivity index is 2.26. The molecule has 2 heterocycles. The number of nitrogen functional groups attached to an aromatic ring is 1. The zero-order chi connectivity index (χ0) is 14.0. The van der Waals surface area contributed by atoms with Crippen molar-refractivity contribution < 1.29 is 9.90 Å². The molecular weight excluding hydrogens is 244 g/mol. The van der Waals surface area contributed by atoms with E-state index in [-0.39, 0.29) is 5.69 Å². The van der Waals surface area contributed by atoms with Crippen LogP contribution in [0.1, 0.15) is 23.8 Å². The standard InChI is InChI=1S/C13H20N4O2/c1-3-9-8-17(7-6-16(9)2)12-10(14)4-5-11(15-12)13(18)19/h4-5,9H,3,6-8,14H2,1-2H3,(H,18,19). The fraction of sp³-hybridized carbons (Fsp3) is 0.538. The van der Waals surface area contributed by atoms with E-state index >= 15 is 0 Å². The molecule has 6 nitrogen and oxygen atoms in total. The third-order valence-corrected chi connectivity index (χ3v) is 3.67. The molecule has 0 saturated carbocycles. The topological polar surface area (TPSA) is 82.7 Å². The van der Waals surface area contributed by atoms with Gasteiger partial charge in [-0.25, -0.2) is 9.78 Å². The second kappa shape index (κ2) is 5.44. The van der Waals surface area contributed by atoms with Gasteiger partial charge in [0.25, 0.3) is 0 Å². The summed E-state index contributed by atoms with van der Waals surface area (Å²) in [4.78, 5) is 19.6. The Bertz CT molecular complexity index is 478. The van der Waals surface area contributed by atoms with Crippen LogP contribution in [0.3, 0.4) is 0 Å². The highest BCUT2D eigenvalue weighted by molar-refractivity contribution is 5.87. The third-order valence-electron chi connectivity index (χ3n) is 3.67. The van der Waals surface area contributed by atoms with Gasteiger partial charge >= 0.3 is 5.97 Å². The van der Waals surface area contributed by atoms with Crippen molar-refractivity contribution in [2.45, 2.75) is 19.4 Å². The smallest absolute Gasteiger partial charge is 0.354 e. The normalized spacial score (nSPS) is 20.5. The molecule has 104 valence electrons. The van der Waals surface area contributed by atoms with Gasteiger partial charge in [-0.15, -0.1) is 0 Å². The number of hydrogen-bond donors (Lipinski definition) is 2. The lowest BCUT2D eigenvalue weighted by Gasteiger charge is -2.40. The van der Waals surface area contributed by atoms with Crippen LogP contribution in [0, 0.1) is 0 Å². The summed E-state index contributed by atoms with van der Waals surface area (Å²) in [5.41, 5.74) is 6.50. The predicted octanol–water partition coefficient (Wildman–Crippen LogP) is 0.892. The highest BCUT2D eigenvalue weighted by Gasteiger charge is 2.25. The molecule has 0 radical (unpaired) electrons. The minimum absolute atomic E-state index is 0.0381. The Morgan fingerprint density at radius 1 is 1.53 bits per heavy atom. The summed E-state index contributed by atoms with van der Waals surface area (Å²) in [6, 6.07) is 3.50. The molecule has 0 aliphatic carbocycles. The zero-order valence-corrected chi connectivity index (χ0v) is 11.3. The number of nitrogens with zero attached hydrogens (tertiary/aromatic N) is 3. The zero-order valence-electron chi connectivity index (χ0n) is 11.3. The summed E-state index contributed by atoms with van der Waals surface area (Å²) < 4.78 is 0. The van der Waals surface area contributed by atoms with Crippen LogP contribution in [-0.2, 0) is 0 Å². The van der Waals surface area contributed by atoms with Crippen LogP contribution < -0.4 is 10.6 Å². The lowest BCUT2D eigenvalue weighted by molar-refractivity contribution is 0.0690. The molecule has 1 aromatic heterocycles. The van der Waals surface area contributed by atoms with Crippen molar-refractivity contribution in [3.05, 3.63) is 17.8 Å². The van der Waals surface area contributed by atoms with Gasteiger partial charge in [-0.2, -0.15) is 0 Å². The largest absolute Gasteiger partial charge is 0.477 e. The average Bonchev–Trinajstić information content (AvgIpc) is 2.40. The summed E-state index contributed by atoms with van der Waals surface area (Å²) in [5, 5.41) is 9.01. The van der Waals surface area contributed by atoms with Crippen molar-refractivity contribution in [2.24, 2.45) is 0 Å². The van der Waals surface area contributed by atoms with Gasteiger partial charge in [-0.3, -0.25) is 4.90 Å². The summed E-state index contributed by atoms with van der Waals surface area (Å²) in [6.45, 7) is 4.71. The SMILES string of the molecule is CCC1CN(c2nc(C(=O)O)ccc2N)CCN1C. The molecule has 1 aliphatic rings. The third kappa shape index (κ3) is 2.78. The van der Waals surface area contributed by atoms with Gasteiger partial charge in [0.1, 0.15) is 0 Å². The number of rotatable bonds is 3. The number of piperazine rings is 1. The van der Waals surface area contributed by atoms with Crippen molar-refractivity contribution in [1.29, 1.82) is 0 Å². The molecule has 0 amide bonds. The van der Waals surface area contributed by atoms with Gasteiger partial charge in [0.05, 0.1) is 5.69 Å². The van der Waals surface area contributed by atoms with Gasteiger partial charge < -0.3 is 15.7 Å². The van der Waals surface area contributed by atoms with Gasteiger partial charge in [0.2, 0.25) is 0 Å². The van der Waals surface area contributed by atoms with Crippen molar-refractivity contribution in [3.8, 4) is 0 Å². The second-order valence-electron chi connectivity index (χ2n) is 4.90. The fourth-order valence-corrected chi connectivity index (χ4v) is 2.41. The minimum Gasteiger partial charge on any atom is -0.477 e. The number of carboxylic acids is 1. The van der Waals surface area contributed by atoms with Crippen molar-refractivity contribution in [3.63, 3.8) is 0 Å². The molecule has 1 saturated heterocycles. The monoisotopic (exact) mass is 264 g/mol. The summed E-state index contributed by atoms with van der Waals surface area (Å²) in [7, 11) is 2.11. The van der Waals surface area contributed by atoms with Gasteiger partial charge in [0.15, 0.2) is 11.5 Å². The summed E-state index contributed by atoms with van der Waals surface area (Å²) in [6.07, 6.45) is 1.05. The average molecular weight is 264 g/mol. The van der Waals surface area contributed by atoms with E-state index in [0.29, 0.717) is 17.5 Å². The maximum absolute atomic E-state index is 11.0. The molecule has 1 atom stereocenters. The molecular formula is C13H20N4O2. The first-order valence-electron chi connectivity index (χ1n) is 6.48. The molecule has 1 aliphatic heterocycles. The van der Waals surface area contributed by atoms with Gasteiger partial charge in [-0.1, -0.05) is 6.92 Å². The quantitative estimate of drug-likeness (QED) is 0.843. The van der Waals surface area contributed by atoms with Crippen molar-refractivity contribution >= 4 is 17.5 Å². The highest BCUT2D eigenvalue weighted by Crippen LogP contribution is 2.24. The van der Waals surface area contributed by atoms with Crippen LogP contribution in [0.5, 0.6) is 0 Å². The van der Waals surface area contributed by atoms with E-state index in [2.05, 4.69) is 28.8 Å². The fourth-order valence-electron chi connectivity index (χ4n) is 2.41. The molecule has 1 unspecified atom stereocenters. The van der Waals surface area contributed by atoms with Crippen LogP contribution in [0.2, 0.25) is 0 Å². The van der Waals surface area contributed by atoms with Gasteiger partial charge in [-0.05, 0) is 25.6 Å². The van der Waals surface area contributed by atoms with E-state index in [9.17, 15) is 4.79 Å². The van der Waals surface area contributed by atoms with E-state index in [4.69, 9.17) is 10.8 Å². The summed E-state index contributed by atoms with van der Waals surface area (Å²) in [5.74, 6) is -0.436. The number of aromatic carboxylic acids is 1. The van der Waals surface area contributed by atoms with Crippen molar-refractivity contribution in [2.75, 3.05) is 37.3 Å². The first kappa shape index (κ1) is 13.6. The lowest BCUT2D eigenvalue weighted by atomic mass is 10.1. The molecule has 0 aromatic carbocycles. The lowest BCUT2D eigenvalue weighted by Crippen LogP contribution is -2.51. The van der Waals surface area contributed by atoms with E-state index in [1.807, 2.05) is 0 Å². The van der Waals surface area contributed by atoms with E-state index < -0.39 is 5.97 Å². The molecule has 6 heteroatoms. The Morgan fingerprint density at radius 2 is 2.26 bits per heavy atom. The summed E-state index contributed by atoms with van der Waals surface area (Å²) >= 11 is 0. The van der Waals surface area contributed by atoms with Crippen LogP contribution in [-0.4, -0.2) is 53.7 Å². The maximum atomic E-state index is 11.0. The molecule has 19 heavy (non-hydrogen) atoms. The first-order chi connectivity index (χ1) is 9.02. The Morgan fingerprint density at radius 3 is 2.89 bits per heavy atom. The van der Waals surface area contributed by atoms with Crippen LogP contribution in [0.4, 0.5) is 11.5 Å². The van der Waals surface area contributed by atoms with Crippen LogP contribution in [0.15, 0.2) is 12.1 Å². The molecule has 0 spiro atoms. The number of carbonyl (C=O) groups is 1. The first-order valence-corrected chi connectivity index (χ1v) is 6.48. The highest BCUT2D eigenvalue weighted by atomic mass is 16.4. The number of aromatic nitrogens is 1.